The van der Waals surface area contributed by atoms with Crippen molar-refractivity contribution in [3.8, 4) is 0 Å². The maximum atomic E-state index is 12.9. The first-order valence-corrected chi connectivity index (χ1v) is 32.3. The van der Waals surface area contributed by atoms with E-state index in [-0.39, 0.29) is 31.1 Å². The quantitative estimate of drug-likeness (QED) is 0.0343. The second-order valence-electron chi connectivity index (χ2n) is 23.1. The molecule has 0 aliphatic rings. The van der Waals surface area contributed by atoms with Crippen LogP contribution in [-0.4, -0.2) is 37.2 Å². The van der Waals surface area contributed by atoms with Gasteiger partial charge < -0.3 is 14.2 Å². The van der Waals surface area contributed by atoms with Gasteiger partial charge in [0, 0.05) is 19.3 Å². The summed E-state index contributed by atoms with van der Waals surface area (Å²) in [6, 6.07) is 0. The van der Waals surface area contributed by atoms with E-state index in [0.717, 1.165) is 69.6 Å². The van der Waals surface area contributed by atoms with E-state index >= 15 is 0 Å². The van der Waals surface area contributed by atoms with Crippen LogP contribution in [0.4, 0.5) is 0 Å². The third-order valence-electron chi connectivity index (χ3n) is 15.3. The van der Waals surface area contributed by atoms with E-state index in [1.807, 2.05) is 0 Å². The van der Waals surface area contributed by atoms with Crippen LogP contribution in [0.15, 0.2) is 0 Å². The molecule has 0 saturated heterocycles. The third-order valence-corrected chi connectivity index (χ3v) is 15.3. The lowest BCUT2D eigenvalue weighted by Gasteiger charge is -2.18. The Kier molecular flexibility index (Phi) is 56.4. The van der Waals surface area contributed by atoms with Gasteiger partial charge >= 0.3 is 17.9 Å². The van der Waals surface area contributed by atoms with Crippen molar-refractivity contribution in [1.82, 2.24) is 0 Å². The van der Waals surface area contributed by atoms with Gasteiger partial charge in [-0.25, -0.2) is 0 Å². The highest BCUT2D eigenvalue weighted by atomic mass is 16.6. The van der Waals surface area contributed by atoms with Crippen LogP contribution in [0.3, 0.4) is 0 Å². The Hall–Kier alpha value is -1.59. The van der Waals surface area contributed by atoms with Gasteiger partial charge in [0.25, 0.3) is 0 Å². The molecular weight excluding hydrogens is 877 g/mol. The molecule has 0 spiro atoms. The van der Waals surface area contributed by atoms with Gasteiger partial charge in [-0.1, -0.05) is 330 Å². The Labute approximate surface area is 444 Å². The molecule has 0 fully saturated rings. The summed E-state index contributed by atoms with van der Waals surface area (Å²) in [5.41, 5.74) is 0. The minimum Gasteiger partial charge on any atom is -0.462 e. The minimum absolute atomic E-state index is 0.0618. The van der Waals surface area contributed by atoms with Crippen LogP contribution in [0.1, 0.15) is 369 Å². The van der Waals surface area contributed by atoms with Crippen molar-refractivity contribution in [3.05, 3.63) is 0 Å². The van der Waals surface area contributed by atoms with Crippen molar-refractivity contribution in [2.45, 2.75) is 375 Å². The Balaban J connectivity index is 4.29. The van der Waals surface area contributed by atoms with Crippen molar-refractivity contribution < 1.29 is 28.6 Å². The van der Waals surface area contributed by atoms with Crippen LogP contribution < -0.4 is 0 Å². The van der Waals surface area contributed by atoms with Crippen molar-refractivity contribution in [3.63, 3.8) is 0 Å². The van der Waals surface area contributed by atoms with E-state index in [1.165, 1.54) is 257 Å². The smallest absolute Gasteiger partial charge is 0.306 e. The molecule has 1 unspecified atom stereocenters. The van der Waals surface area contributed by atoms with E-state index in [2.05, 4.69) is 34.6 Å². The summed E-state index contributed by atoms with van der Waals surface area (Å²) in [6.07, 6.45) is 63.8. The highest BCUT2D eigenvalue weighted by Gasteiger charge is 2.19. The summed E-state index contributed by atoms with van der Waals surface area (Å²) in [5, 5.41) is 0. The molecule has 0 N–H and O–H groups in total. The molecule has 2 atom stereocenters. The highest BCUT2D eigenvalue weighted by molar-refractivity contribution is 5.71. The van der Waals surface area contributed by atoms with Crippen LogP contribution in [0.5, 0.6) is 0 Å². The predicted octanol–water partition coefficient (Wildman–Crippen LogP) is 21.6. The number of unbranched alkanes of at least 4 members (excludes halogenated alkanes) is 43. The number of carbonyl (C=O) groups excluding carboxylic acids is 3. The van der Waals surface area contributed by atoms with Gasteiger partial charge in [-0.3, -0.25) is 14.4 Å². The Morgan fingerprint density at radius 2 is 0.535 bits per heavy atom. The van der Waals surface area contributed by atoms with Gasteiger partial charge in [0.2, 0.25) is 0 Å². The summed E-state index contributed by atoms with van der Waals surface area (Å²) in [5.74, 6) is 0.909. The summed E-state index contributed by atoms with van der Waals surface area (Å²) in [7, 11) is 0. The number of ether oxygens (including phenoxy) is 3. The van der Waals surface area contributed by atoms with Gasteiger partial charge in [0.1, 0.15) is 13.2 Å². The first kappa shape index (κ1) is 69.4. The second-order valence-corrected chi connectivity index (χ2v) is 23.1. The molecule has 0 bridgehead atoms. The molecule has 0 aromatic rings. The lowest BCUT2D eigenvalue weighted by atomic mass is 9.99. The van der Waals surface area contributed by atoms with Gasteiger partial charge in [-0.15, -0.1) is 0 Å². The van der Waals surface area contributed by atoms with Crippen LogP contribution in [0.2, 0.25) is 0 Å². The number of carbonyl (C=O) groups is 3. The van der Waals surface area contributed by atoms with Gasteiger partial charge in [-0.05, 0) is 31.1 Å². The fourth-order valence-electron chi connectivity index (χ4n) is 10.1. The molecule has 0 aromatic heterocycles. The maximum absolute atomic E-state index is 12.9. The van der Waals surface area contributed by atoms with Gasteiger partial charge in [0.05, 0.1) is 0 Å². The predicted molar refractivity (Wildman–Crippen MR) is 307 cm³/mol. The number of hydrogen-bond acceptors (Lipinski definition) is 6. The summed E-state index contributed by atoms with van der Waals surface area (Å²) in [4.78, 5) is 38.3. The van der Waals surface area contributed by atoms with E-state index in [0.29, 0.717) is 19.3 Å². The summed E-state index contributed by atoms with van der Waals surface area (Å²) >= 11 is 0. The van der Waals surface area contributed by atoms with E-state index in [9.17, 15) is 14.4 Å². The molecule has 0 amide bonds. The zero-order chi connectivity index (χ0) is 51.8. The Bertz CT molecular complexity index is 1090. The Morgan fingerprint density at radius 1 is 0.296 bits per heavy atom. The standard InChI is InChI=1S/C65H126O6/c1-6-8-9-10-11-12-13-14-15-16-17-18-25-30-35-40-45-50-55-63(66)69-58-62(71-65(68)57-52-47-42-37-32-27-21-19-23-28-33-38-43-48-53-60(3)4)59-70-64(67)56-51-46-41-36-31-26-22-20-24-29-34-39-44-49-54-61(5)7-2/h60-62H,6-59H2,1-5H3/t61?,62-/m0/s1. The van der Waals surface area contributed by atoms with Crippen molar-refractivity contribution in [2.75, 3.05) is 13.2 Å². The number of esters is 3. The molecule has 0 rings (SSSR count). The average molecular weight is 1000 g/mol. The SMILES string of the molecule is CCCCCCCCCCCCCCCCCCCCC(=O)OC[C@@H](COC(=O)CCCCCCCCCCCCCCCCC(C)CC)OC(=O)CCCCCCCCCCCCCCCCC(C)C. The van der Waals surface area contributed by atoms with E-state index < -0.39 is 6.10 Å². The topological polar surface area (TPSA) is 78.9 Å². The third kappa shape index (κ3) is 57.5. The maximum Gasteiger partial charge on any atom is 0.306 e. The van der Waals surface area contributed by atoms with E-state index in [4.69, 9.17) is 14.2 Å². The molecule has 71 heavy (non-hydrogen) atoms. The average Bonchev–Trinajstić information content (AvgIpc) is 3.36. The van der Waals surface area contributed by atoms with Crippen molar-refractivity contribution >= 4 is 17.9 Å². The molecule has 0 aliphatic carbocycles. The Morgan fingerprint density at radius 3 is 0.803 bits per heavy atom. The molecule has 0 heterocycles. The molecule has 6 nitrogen and oxygen atoms in total. The van der Waals surface area contributed by atoms with Crippen molar-refractivity contribution in [2.24, 2.45) is 11.8 Å². The molecule has 6 heteroatoms. The van der Waals surface area contributed by atoms with Crippen molar-refractivity contribution in [1.29, 1.82) is 0 Å². The largest absolute Gasteiger partial charge is 0.462 e. The molecule has 0 saturated carbocycles. The zero-order valence-corrected chi connectivity index (χ0v) is 48.9. The lowest BCUT2D eigenvalue weighted by Crippen LogP contribution is -2.30. The first-order chi connectivity index (χ1) is 34.8. The molecular formula is C65H126O6. The van der Waals surface area contributed by atoms with Gasteiger partial charge in [0.15, 0.2) is 6.10 Å². The molecule has 422 valence electrons. The molecule has 0 aromatic carbocycles. The molecule has 0 aliphatic heterocycles. The molecule has 0 radical (unpaired) electrons. The highest BCUT2D eigenvalue weighted by Crippen LogP contribution is 2.19. The minimum atomic E-state index is -0.764. The normalized spacial score (nSPS) is 12.4. The van der Waals surface area contributed by atoms with Crippen LogP contribution in [-0.2, 0) is 28.6 Å². The summed E-state index contributed by atoms with van der Waals surface area (Å²) < 4.78 is 17.0. The zero-order valence-electron chi connectivity index (χ0n) is 48.9. The lowest BCUT2D eigenvalue weighted by molar-refractivity contribution is -0.167. The second kappa shape index (κ2) is 57.7. The fraction of sp³-hybridized carbons (Fsp3) is 0.954. The fourth-order valence-corrected chi connectivity index (χ4v) is 10.1. The summed E-state index contributed by atoms with van der Waals surface area (Å²) in [6.45, 7) is 11.5. The first-order valence-electron chi connectivity index (χ1n) is 32.3. The van der Waals surface area contributed by atoms with Crippen LogP contribution >= 0.6 is 0 Å². The van der Waals surface area contributed by atoms with Crippen LogP contribution in [0, 0.1) is 11.8 Å². The monoisotopic (exact) mass is 1000 g/mol. The van der Waals surface area contributed by atoms with Crippen LogP contribution in [0.25, 0.3) is 0 Å². The number of hydrogen-bond donors (Lipinski definition) is 0. The van der Waals surface area contributed by atoms with E-state index in [1.54, 1.807) is 0 Å². The number of rotatable bonds is 59. The van der Waals surface area contributed by atoms with Gasteiger partial charge in [-0.2, -0.15) is 0 Å².